The number of hydrogen-bond donors (Lipinski definition) is 1. The van der Waals surface area contributed by atoms with Crippen LogP contribution in [0.2, 0.25) is 0 Å². The Labute approximate surface area is 89.2 Å². The zero-order valence-electron chi connectivity index (χ0n) is 8.77. The Morgan fingerprint density at radius 1 is 1.53 bits per heavy atom. The van der Waals surface area contributed by atoms with E-state index in [4.69, 9.17) is 10.5 Å². The quantitative estimate of drug-likeness (QED) is 0.759. The average Bonchev–Trinajstić information content (AvgIpc) is 2.94. The molecule has 3 nitrogen and oxygen atoms in total. The molecule has 0 unspecified atom stereocenters. The van der Waals surface area contributed by atoms with Crippen LogP contribution in [0.25, 0.3) is 0 Å². The van der Waals surface area contributed by atoms with Crippen LogP contribution < -0.4 is 5.73 Å². The lowest BCUT2D eigenvalue weighted by Crippen LogP contribution is -2.36. The normalized spacial score (nSPS) is 28.5. The molecule has 0 bridgehead atoms. The van der Waals surface area contributed by atoms with Crippen molar-refractivity contribution >= 4 is 5.97 Å². The van der Waals surface area contributed by atoms with Gasteiger partial charge in [-0.2, -0.15) is 0 Å². The number of benzene rings is 1. The summed E-state index contributed by atoms with van der Waals surface area (Å²) in [6, 6.07) is 9.86. The Bertz CT molecular complexity index is 363. The maximum atomic E-state index is 11.6. The molecule has 1 aliphatic rings. The lowest BCUT2D eigenvalue weighted by molar-refractivity contribution is -0.145. The van der Waals surface area contributed by atoms with Crippen LogP contribution in [0.3, 0.4) is 0 Å². The van der Waals surface area contributed by atoms with Crippen LogP contribution in [-0.4, -0.2) is 18.1 Å². The lowest BCUT2D eigenvalue weighted by atomic mass is 10.1. The first-order chi connectivity index (χ1) is 7.18. The zero-order valence-corrected chi connectivity index (χ0v) is 8.77. The Balaban J connectivity index is 2.09. The highest BCUT2D eigenvalue weighted by Gasteiger charge is 2.58. The van der Waals surface area contributed by atoms with Crippen LogP contribution in [0.1, 0.15) is 24.8 Å². The summed E-state index contributed by atoms with van der Waals surface area (Å²) in [7, 11) is 0. The maximum absolute atomic E-state index is 11.6. The van der Waals surface area contributed by atoms with Crippen molar-refractivity contribution in [2.45, 2.75) is 24.8 Å². The lowest BCUT2D eigenvalue weighted by Gasteiger charge is -2.10. The van der Waals surface area contributed by atoms with Gasteiger partial charge in [0.2, 0.25) is 0 Å². The minimum absolute atomic E-state index is 0.123. The summed E-state index contributed by atoms with van der Waals surface area (Å²) in [5.74, 6) is -0.156. The second-order valence-electron chi connectivity index (χ2n) is 3.93. The van der Waals surface area contributed by atoms with Gasteiger partial charge in [0, 0.05) is 5.92 Å². The summed E-state index contributed by atoms with van der Waals surface area (Å²) >= 11 is 0. The highest BCUT2D eigenvalue weighted by molar-refractivity contribution is 5.86. The molecule has 0 radical (unpaired) electrons. The number of carbonyl (C=O) groups is 1. The topological polar surface area (TPSA) is 52.3 Å². The van der Waals surface area contributed by atoms with E-state index in [1.807, 2.05) is 30.3 Å². The molecule has 0 spiro atoms. The van der Waals surface area contributed by atoms with E-state index in [1.165, 1.54) is 0 Å². The summed E-state index contributed by atoms with van der Waals surface area (Å²) in [6.45, 7) is 2.18. The van der Waals surface area contributed by atoms with Crippen molar-refractivity contribution in [3.63, 3.8) is 0 Å². The van der Waals surface area contributed by atoms with Gasteiger partial charge in [-0.25, -0.2) is 0 Å². The van der Waals surface area contributed by atoms with Gasteiger partial charge in [0.25, 0.3) is 0 Å². The van der Waals surface area contributed by atoms with Crippen LogP contribution in [-0.2, 0) is 9.53 Å². The Morgan fingerprint density at radius 3 is 2.80 bits per heavy atom. The Morgan fingerprint density at radius 2 is 2.20 bits per heavy atom. The monoisotopic (exact) mass is 205 g/mol. The molecule has 0 heterocycles. The first kappa shape index (κ1) is 10.2. The highest BCUT2D eigenvalue weighted by atomic mass is 16.5. The van der Waals surface area contributed by atoms with Crippen LogP contribution in [0.5, 0.6) is 0 Å². The fourth-order valence-electron chi connectivity index (χ4n) is 1.87. The molecule has 0 aliphatic heterocycles. The molecular weight excluding hydrogens is 190 g/mol. The number of rotatable bonds is 3. The molecule has 1 aliphatic carbocycles. The van der Waals surface area contributed by atoms with E-state index < -0.39 is 5.54 Å². The fraction of sp³-hybridized carbons (Fsp3) is 0.417. The largest absolute Gasteiger partial charge is 0.465 e. The van der Waals surface area contributed by atoms with Crippen molar-refractivity contribution in [1.82, 2.24) is 0 Å². The van der Waals surface area contributed by atoms with Crippen molar-refractivity contribution in [1.29, 1.82) is 0 Å². The zero-order chi connectivity index (χ0) is 10.9. The van der Waals surface area contributed by atoms with Gasteiger partial charge in [-0.1, -0.05) is 30.3 Å². The van der Waals surface area contributed by atoms with E-state index in [1.54, 1.807) is 6.92 Å². The molecule has 0 aromatic heterocycles. The molecule has 15 heavy (non-hydrogen) atoms. The van der Waals surface area contributed by atoms with Gasteiger partial charge in [0.05, 0.1) is 6.61 Å². The number of esters is 1. The number of ether oxygens (including phenoxy) is 1. The molecule has 3 heteroatoms. The summed E-state index contributed by atoms with van der Waals surface area (Å²) in [5.41, 5.74) is 6.32. The summed E-state index contributed by atoms with van der Waals surface area (Å²) < 4.78 is 4.96. The summed E-state index contributed by atoms with van der Waals surface area (Å²) in [4.78, 5) is 11.6. The Kier molecular flexibility index (Phi) is 2.49. The maximum Gasteiger partial charge on any atom is 0.326 e. The van der Waals surface area contributed by atoms with Crippen molar-refractivity contribution in [2.24, 2.45) is 5.73 Å². The standard InChI is InChI=1S/C12H15NO2/c1-2-15-11(14)12(13)8-10(12)9-6-4-3-5-7-9/h3-7,10H,2,8,13H2,1H3/t10-,12-/m0/s1. The second kappa shape index (κ2) is 3.66. The molecule has 80 valence electrons. The molecule has 1 aromatic rings. The third kappa shape index (κ3) is 1.75. The van der Waals surface area contributed by atoms with E-state index in [0.717, 1.165) is 5.56 Å². The number of nitrogens with two attached hydrogens (primary N) is 1. The van der Waals surface area contributed by atoms with E-state index in [9.17, 15) is 4.79 Å². The van der Waals surface area contributed by atoms with Crippen LogP contribution in [0, 0.1) is 0 Å². The Hall–Kier alpha value is -1.35. The van der Waals surface area contributed by atoms with E-state index in [0.29, 0.717) is 13.0 Å². The third-order valence-corrected chi connectivity index (χ3v) is 2.86. The fourth-order valence-corrected chi connectivity index (χ4v) is 1.87. The van der Waals surface area contributed by atoms with E-state index in [2.05, 4.69) is 0 Å². The van der Waals surface area contributed by atoms with Crippen molar-refractivity contribution in [3.05, 3.63) is 35.9 Å². The SMILES string of the molecule is CCOC(=O)[C@]1(N)C[C@H]1c1ccccc1. The molecular formula is C12H15NO2. The number of carbonyl (C=O) groups excluding carboxylic acids is 1. The minimum atomic E-state index is -0.780. The second-order valence-corrected chi connectivity index (χ2v) is 3.93. The van der Waals surface area contributed by atoms with Crippen molar-refractivity contribution in [2.75, 3.05) is 6.61 Å². The molecule has 1 saturated carbocycles. The van der Waals surface area contributed by atoms with Gasteiger partial charge in [-0.05, 0) is 18.9 Å². The highest BCUT2D eigenvalue weighted by Crippen LogP contribution is 2.50. The van der Waals surface area contributed by atoms with Gasteiger partial charge < -0.3 is 10.5 Å². The molecule has 1 aromatic carbocycles. The van der Waals surface area contributed by atoms with Gasteiger partial charge in [0.1, 0.15) is 5.54 Å². The predicted octanol–water partition coefficient (Wildman–Crippen LogP) is 1.43. The molecule has 2 atom stereocenters. The van der Waals surface area contributed by atoms with Crippen LogP contribution in [0.15, 0.2) is 30.3 Å². The first-order valence-electron chi connectivity index (χ1n) is 5.19. The molecule has 2 N–H and O–H groups in total. The smallest absolute Gasteiger partial charge is 0.326 e. The van der Waals surface area contributed by atoms with Crippen molar-refractivity contribution < 1.29 is 9.53 Å². The molecule has 1 fully saturated rings. The van der Waals surface area contributed by atoms with E-state index >= 15 is 0 Å². The first-order valence-corrected chi connectivity index (χ1v) is 5.19. The summed E-state index contributed by atoms with van der Waals surface area (Å²) in [6.07, 6.45) is 0.690. The molecule has 2 rings (SSSR count). The number of hydrogen-bond acceptors (Lipinski definition) is 3. The van der Waals surface area contributed by atoms with Crippen molar-refractivity contribution in [3.8, 4) is 0 Å². The van der Waals surface area contributed by atoms with Gasteiger partial charge in [0.15, 0.2) is 0 Å². The average molecular weight is 205 g/mol. The van der Waals surface area contributed by atoms with Gasteiger partial charge in [-0.3, -0.25) is 4.79 Å². The predicted molar refractivity (Wildman–Crippen MR) is 57.4 cm³/mol. The molecule has 0 saturated heterocycles. The van der Waals surface area contributed by atoms with Crippen LogP contribution in [0.4, 0.5) is 0 Å². The summed E-state index contributed by atoms with van der Waals surface area (Å²) in [5, 5.41) is 0. The van der Waals surface area contributed by atoms with Crippen LogP contribution >= 0.6 is 0 Å². The third-order valence-electron chi connectivity index (χ3n) is 2.86. The van der Waals surface area contributed by atoms with Gasteiger partial charge >= 0.3 is 5.97 Å². The van der Waals surface area contributed by atoms with E-state index in [-0.39, 0.29) is 11.9 Å². The molecule has 0 amide bonds. The minimum Gasteiger partial charge on any atom is -0.465 e. The van der Waals surface area contributed by atoms with Gasteiger partial charge in [-0.15, -0.1) is 0 Å².